The van der Waals surface area contributed by atoms with Crippen molar-refractivity contribution in [2.75, 3.05) is 0 Å². The molecule has 0 spiro atoms. The summed E-state index contributed by atoms with van der Waals surface area (Å²) in [6.07, 6.45) is 3.29. The molecule has 12 heavy (non-hydrogen) atoms. The molecule has 0 aromatic heterocycles. The van der Waals surface area contributed by atoms with Crippen LogP contribution in [0.5, 0.6) is 0 Å². The summed E-state index contributed by atoms with van der Waals surface area (Å²) in [4.78, 5) is 11.3. The lowest BCUT2D eigenvalue weighted by Gasteiger charge is -2.22. The van der Waals surface area contributed by atoms with Gasteiger partial charge in [0.15, 0.2) is 0 Å². The third kappa shape index (κ3) is 1.76. The van der Waals surface area contributed by atoms with Crippen LogP contribution >= 0.6 is 0 Å². The van der Waals surface area contributed by atoms with E-state index in [-0.39, 0.29) is 12.1 Å². The van der Waals surface area contributed by atoms with Crippen molar-refractivity contribution in [2.24, 2.45) is 0 Å². The molecule has 0 radical (unpaired) electrons. The number of hydrogen-bond donors (Lipinski definition) is 0. The lowest BCUT2D eigenvalue weighted by Crippen LogP contribution is -2.24. The second-order valence-electron chi connectivity index (χ2n) is 3.20. The minimum atomic E-state index is -0.175. The van der Waals surface area contributed by atoms with E-state index in [1.807, 2.05) is 13.8 Å². The Kier molecular flexibility index (Phi) is 2.69. The zero-order chi connectivity index (χ0) is 9.14. The molecule has 0 saturated carbocycles. The van der Waals surface area contributed by atoms with Crippen molar-refractivity contribution in [3.8, 4) is 0 Å². The quantitative estimate of drug-likeness (QED) is 0.339. The van der Waals surface area contributed by atoms with Gasteiger partial charge in [-0.2, -0.15) is 0 Å². The van der Waals surface area contributed by atoms with E-state index in [2.05, 4.69) is 6.58 Å². The van der Waals surface area contributed by atoms with E-state index in [1.165, 1.54) is 0 Å². The molecule has 0 aromatic rings. The van der Waals surface area contributed by atoms with Crippen molar-refractivity contribution in [2.45, 2.75) is 32.8 Å². The summed E-state index contributed by atoms with van der Waals surface area (Å²) < 4.78 is 5.09. The molecule has 1 unspecified atom stereocenters. The van der Waals surface area contributed by atoms with E-state index in [1.54, 1.807) is 6.08 Å². The van der Waals surface area contributed by atoms with Crippen LogP contribution in [-0.4, -0.2) is 12.1 Å². The number of esters is 1. The first-order valence-corrected chi connectivity index (χ1v) is 4.15. The number of ether oxygens (including phenoxy) is 1. The molecule has 2 nitrogen and oxygen atoms in total. The Labute approximate surface area is 72.9 Å². The van der Waals surface area contributed by atoms with Crippen molar-refractivity contribution in [1.82, 2.24) is 0 Å². The van der Waals surface area contributed by atoms with Gasteiger partial charge in [-0.1, -0.05) is 18.2 Å². The molecule has 0 amide bonds. The Morgan fingerprint density at radius 3 is 2.75 bits per heavy atom. The second-order valence-corrected chi connectivity index (χ2v) is 3.20. The zero-order valence-corrected chi connectivity index (χ0v) is 7.59. The first kappa shape index (κ1) is 9.04. The highest BCUT2D eigenvalue weighted by Gasteiger charge is 2.23. The van der Waals surface area contributed by atoms with Gasteiger partial charge in [-0.05, 0) is 26.7 Å². The van der Waals surface area contributed by atoms with Gasteiger partial charge in [-0.3, -0.25) is 0 Å². The molecular formula is C10H14O2. The predicted molar refractivity (Wildman–Crippen MR) is 47.7 cm³/mol. The first-order valence-electron chi connectivity index (χ1n) is 4.15. The van der Waals surface area contributed by atoms with E-state index in [9.17, 15) is 4.79 Å². The molecule has 0 bridgehead atoms. The summed E-state index contributed by atoms with van der Waals surface area (Å²) in [5.74, 6) is -0.175. The van der Waals surface area contributed by atoms with E-state index in [0.29, 0.717) is 0 Å². The fourth-order valence-electron chi connectivity index (χ4n) is 1.28. The normalized spacial score (nSPS) is 23.3. The van der Waals surface area contributed by atoms with Gasteiger partial charge in [0.05, 0.1) is 0 Å². The van der Waals surface area contributed by atoms with Gasteiger partial charge in [0, 0.05) is 5.57 Å². The van der Waals surface area contributed by atoms with Crippen LogP contribution in [0.3, 0.4) is 0 Å². The second kappa shape index (κ2) is 3.57. The van der Waals surface area contributed by atoms with Gasteiger partial charge in [0.2, 0.25) is 0 Å². The number of carbonyl (C=O) groups is 1. The molecule has 0 aromatic carbocycles. The van der Waals surface area contributed by atoms with Crippen LogP contribution in [0.1, 0.15) is 26.7 Å². The number of hydrogen-bond acceptors (Lipinski definition) is 2. The van der Waals surface area contributed by atoms with Crippen LogP contribution in [0.25, 0.3) is 0 Å². The van der Waals surface area contributed by atoms with E-state index >= 15 is 0 Å². The molecule has 0 aliphatic carbocycles. The summed E-state index contributed by atoms with van der Waals surface area (Å²) in [5.41, 5.74) is 1.88. The average Bonchev–Trinajstić information content (AvgIpc) is 2.03. The van der Waals surface area contributed by atoms with E-state index in [4.69, 9.17) is 4.74 Å². The maximum absolute atomic E-state index is 11.3. The summed E-state index contributed by atoms with van der Waals surface area (Å²) in [7, 11) is 0. The Balaban J connectivity index is 2.73. The third-order valence-electron chi connectivity index (χ3n) is 2.05. The van der Waals surface area contributed by atoms with Crippen LogP contribution in [0.15, 0.2) is 23.8 Å². The van der Waals surface area contributed by atoms with Crippen molar-refractivity contribution >= 4 is 5.97 Å². The smallest absolute Gasteiger partial charge is 0.334 e. The van der Waals surface area contributed by atoms with Gasteiger partial charge in [-0.15, -0.1) is 0 Å². The largest absolute Gasteiger partial charge is 0.455 e. The number of allylic oxidation sites excluding steroid dienone is 1. The summed E-state index contributed by atoms with van der Waals surface area (Å²) in [5, 5.41) is 0. The Bertz CT molecular complexity index is 234. The van der Waals surface area contributed by atoms with Gasteiger partial charge < -0.3 is 4.74 Å². The fourth-order valence-corrected chi connectivity index (χ4v) is 1.28. The van der Waals surface area contributed by atoms with Gasteiger partial charge in [0.1, 0.15) is 6.10 Å². The topological polar surface area (TPSA) is 26.3 Å². The Morgan fingerprint density at radius 1 is 1.67 bits per heavy atom. The van der Waals surface area contributed by atoms with Crippen molar-refractivity contribution in [3.63, 3.8) is 0 Å². The SMILES string of the molecule is C=CC1CCC(=C(C)C)C(=O)O1. The molecule has 2 heteroatoms. The number of cyclic esters (lactones) is 1. The van der Waals surface area contributed by atoms with Crippen LogP contribution in [0.2, 0.25) is 0 Å². The minimum Gasteiger partial charge on any atom is -0.455 e. The monoisotopic (exact) mass is 166 g/mol. The van der Waals surface area contributed by atoms with E-state index < -0.39 is 0 Å². The van der Waals surface area contributed by atoms with Crippen LogP contribution in [-0.2, 0) is 9.53 Å². The van der Waals surface area contributed by atoms with Gasteiger partial charge in [-0.25, -0.2) is 4.79 Å². The van der Waals surface area contributed by atoms with Crippen LogP contribution in [0, 0.1) is 0 Å². The average molecular weight is 166 g/mol. The van der Waals surface area contributed by atoms with Crippen molar-refractivity contribution in [1.29, 1.82) is 0 Å². The first-order chi connectivity index (χ1) is 5.65. The number of rotatable bonds is 1. The summed E-state index contributed by atoms with van der Waals surface area (Å²) in [6, 6.07) is 0. The highest BCUT2D eigenvalue weighted by Crippen LogP contribution is 2.22. The highest BCUT2D eigenvalue weighted by atomic mass is 16.5. The van der Waals surface area contributed by atoms with Gasteiger partial charge >= 0.3 is 5.97 Å². The third-order valence-corrected chi connectivity index (χ3v) is 2.05. The predicted octanol–water partition coefficient (Wildman–Crippen LogP) is 2.21. The van der Waals surface area contributed by atoms with Crippen molar-refractivity contribution in [3.05, 3.63) is 23.8 Å². The van der Waals surface area contributed by atoms with Crippen LogP contribution < -0.4 is 0 Å². The maximum Gasteiger partial charge on any atom is 0.334 e. The molecule has 66 valence electrons. The molecule has 1 heterocycles. The standard InChI is InChI=1S/C10H14O2/c1-4-8-5-6-9(7(2)3)10(11)12-8/h4,8H,1,5-6H2,2-3H3. The lowest BCUT2D eigenvalue weighted by molar-refractivity contribution is -0.145. The minimum absolute atomic E-state index is 0.0828. The Hall–Kier alpha value is -1.05. The molecule has 1 aliphatic rings. The van der Waals surface area contributed by atoms with Crippen LogP contribution in [0.4, 0.5) is 0 Å². The molecular weight excluding hydrogens is 152 g/mol. The molecule has 0 N–H and O–H groups in total. The molecule has 1 aliphatic heterocycles. The molecule has 1 atom stereocenters. The molecule has 1 rings (SSSR count). The Morgan fingerprint density at radius 2 is 2.33 bits per heavy atom. The lowest BCUT2D eigenvalue weighted by atomic mass is 10.00. The van der Waals surface area contributed by atoms with Crippen molar-refractivity contribution < 1.29 is 9.53 Å². The molecule has 1 saturated heterocycles. The van der Waals surface area contributed by atoms with E-state index in [0.717, 1.165) is 24.0 Å². The number of carbonyl (C=O) groups excluding carboxylic acids is 1. The highest BCUT2D eigenvalue weighted by molar-refractivity contribution is 5.90. The zero-order valence-electron chi connectivity index (χ0n) is 7.59. The summed E-state index contributed by atoms with van der Waals surface area (Å²) >= 11 is 0. The fraction of sp³-hybridized carbons (Fsp3) is 0.500. The summed E-state index contributed by atoms with van der Waals surface area (Å²) in [6.45, 7) is 7.47. The molecule has 1 fully saturated rings. The maximum atomic E-state index is 11.3. The van der Waals surface area contributed by atoms with Gasteiger partial charge in [0.25, 0.3) is 0 Å².